The van der Waals surface area contributed by atoms with Crippen molar-refractivity contribution in [1.82, 2.24) is 0 Å². The number of hydrogen-bond acceptors (Lipinski definition) is 5. The number of rotatable bonds is 2. The Labute approximate surface area is 96.8 Å². The molecule has 0 aliphatic carbocycles. The summed E-state index contributed by atoms with van der Waals surface area (Å²) in [6.07, 6.45) is 0. The number of hydrogen-bond donors (Lipinski definition) is 3. The van der Waals surface area contributed by atoms with Crippen molar-refractivity contribution in [2.24, 2.45) is 5.11 Å². The lowest BCUT2D eigenvalue weighted by atomic mass is 10.1. The third-order valence-corrected chi connectivity index (χ3v) is 3.16. The Bertz CT molecular complexity index is 710. The van der Waals surface area contributed by atoms with Gasteiger partial charge in [-0.3, -0.25) is 4.55 Å². The molecule has 0 spiro atoms. The van der Waals surface area contributed by atoms with Gasteiger partial charge in [0.2, 0.25) is 0 Å². The summed E-state index contributed by atoms with van der Waals surface area (Å²) in [5.41, 5.74) is 7.17. The van der Waals surface area contributed by atoms with E-state index in [1.165, 1.54) is 12.1 Å². The number of aromatic hydroxyl groups is 1. The van der Waals surface area contributed by atoms with Crippen LogP contribution in [0.5, 0.6) is 5.75 Å². The van der Waals surface area contributed by atoms with Crippen LogP contribution in [0.15, 0.2) is 40.3 Å². The SMILES string of the molecule is N=Nc1cccc2cc(S(=O)(=O)O)cc(O)c12. The smallest absolute Gasteiger partial charge is 0.294 e. The van der Waals surface area contributed by atoms with Gasteiger partial charge in [0.05, 0.1) is 16.0 Å². The molecule has 17 heavy (non-hydrogen) atoms. The molecule has 0 saturated carbocycles. The summed E-state index contributed by atoms with van der Waals surface area (Å²) in [6, 6.07) is 6.77. The molecule has 0 atom stereocenters. The first-order valence-electron chi connectivity index (χ1n) is 4.54. The highest BCUT2D eigenvalue weighted by atomic mass is 32.2. The van der Waals surface area contributed by atoms with Crippen LogP contribution in [0.2, 0.25) is 0 Å². The highest BCUT2D eigenvalue weighted by molar-refractivity contribution is 7.85. The minimum absolute atomic E-state index is 0.224. The topological polar surface area (TPSA) is 111 Å². The number of phenolic OH excluding ortho intramolecular Hbond substituents is 1. The molecule has 0 heterocycles. The van der Waals surface area contributed by atoms with Gasteiger partial charge in [0, 0.05) is 6.07 Å². The van der Waals surface area contributed by atoms with Crippen LogP contribution in [0, 0.1) is 5.53 Å². The van der Waals surface area contributed by atoms with Gasteiger partial charge in [-0.2, -0.15) is 13.5 Å². The molecule has 0 fully saturated rings. The summed E-state index contributed by atoms with van der Waals surface area (Å²) in [7, 11) is -4.37. The van der Waals surface area contributed by atoms with Crippen LogP contribution < -0.4 is 0 Å². The largest absolute Gasteiger partial charge is 0.507 e. The van der Waals surface area contributed by atoms with E-state index in [2.05, 4.69) is 5.11 Å². The number of phenols is 1. The summed E-state index contributed by atoms with van der Waals surface area (Å²) >= 11 is 0. The molecule has 0 aliphatic rings. The van der Waals surface area contributed by atoms with Crippen molar-refractivity contribution in [2.75, 3.05) is 0 Å². The maximum atomic E-state index is 11.0. The zero-order chi connectivity index (χ0) is 12.6. The molecule has 3 N–H and O–H groups in total. The molecular formula is C10H8N2O4S. The van der Waals surface area contributed by atoms with E-state index in [0.29, 0.717) is 5.39 Å². The first-order chi connectivity index (χ1) is 7.93. The van der Waals surface area contributed by atoms with E-state index < -0.39 is 15.0 Å². The van der Waals surface area contributed by atoms with E-state index >= 15 is 0 Å². The van der Waals surface area contributed by atoms with Crippen molar-refractivity contribution in [1.29, 1.82) is 5.53 Å². The second-order valence-corrected chi connectivity index (χ2v) is 4.83. The van der Waals surface area contributed by atoms with E-state index in [9.17, 15) is 13.5 Å². The van der Waals surface area contributed by atoms with Crippen LogP contribution in [0.1, 0.15) is 0 Å². The van der Waals surface area contributed by atoms with Crippen LogP contribution in [-0.2, 0) is 10.1 Å². The lowest BCUT2D eigenvalue weighted by Gasteiger charge is -2.05. The minimum atomic E-state index is -4.37. The first kappa shape index (κ1) is 11.5. The van der Waals surface area contributed by atoms with Gasteiger partial charge >= 0.3 is 0 Å². The lowest BCUT2D eigenvalue weighted by Crippen LogP contribution is -1.97. The summed E-state index contributed by atoms with van der Waals surface area (Å²) in [5, 5.41) is 13.6. The Morgan fingerprint density at radius 2 is 1.94 bits per heavy atom. The molecule has 0 bridgehead atoms. The van der Waals surface area contributed by atoms with Gasteiger partial charge in [0.1, 0.15) is 5.75 Å². The third kappa shape index (κ3) is 1.97. The molecule has 88 valence electrons. The Kier molecular flexibility index (Phi) is 2.56. The lowest BCUT2D eigenvalue weighted by molar-refractivity contribution is 0.471. The standard InChI is InChI=1S/C10H8N2O4S/c11-12-8-3-1-2-6-4-7(17(14,15)16)5-9(13)10(6)8/h1-5,11,13H,(H,14,15,16). The van der Waals surface area contributed by atoms with E-state index in [4.69, 9.17) is 10.1 Å². The zero-order valence-corrected chi connectivity index (χ0v) is 9.27. The summed E-state index contributed by atoms with van der Waals surface area (Å²) < 4.78 is 30.8. The molecule has 0 aromatic heterocycles. The molecule has 0 aliphatic heterocycles. The van der Waals surface area contributed by atoms with E-state index in [1.807, 2.05) is 0 Å². The molecule has 0 unspecified atom stereocenters. The maximum Gasteiger partial charge on any atom is 0.294 e. The maximum absolute atomic E-state index is 11.0. The summed E-state index contributed by atoms with van der Waals surface area (Å²) in [6.45, 7) is 0. The van der Waals surface area contributed by atoms with Crippen LogP contribution in [0.25, 0.3) is 10.8 Å². The average Bonchev–Trinajstić information content (AvgIpc) is 2.26. The Morgan fingerprint density at radius 3 is 2.53 bits per heavy atom. The van der Waals surface area contributed by atoms with E-state index in [0.717, 1.165) is 6.07 Å². The van der Waals surface area contributed by atoms with E-state index in [-0.39, 0.29) is 16.8 Å². The van der Waals surface area contributed by atoms with Gasteiger partial charge in [-0.1, -0.05) is 12.1 Å². The van der Waals surface area contributed by atoms with Gasteiger partial charge in [0.25, 0.3) is 10.1 Å². The van der Waals surface area contributed by atoms with Crippen molar-refractivity contribution in [3.05, 3.63) is 30.3 Å². The number of nitrogens with one attached hydrogen (secondary N) is 1. The molecule has 2 aromatic rings. The van der Waals surface area contributed by atoms with Crippen LogP contribution in [0.3, 0.4) is 0 Å². The fourth-order valence-corrected chi connectivity index (χ4v) is 2.14. The normalized spacial score (nSPS) is 11.6. The fraction of sp³-hybridized carbons (Fsp3) is 0. The number of nitrogens with zero attached hydrogens (tertiary/aromatic N) is 1. The second-order valence-electron chi connectivity index (χ2n) is 3.40. The molecule has 0 saturated heterocycles. The van der Waals surface area contributed by atoms with Crippen LogP contribution in [0.4, 0.5) is 5.69 Å². The average molecular weight is 252 g/mol. The molecule has 2 aromatic carbocycles. The van der Waals surface area contributed by atoms with Crippen molar-refractivity contribution in [3.8, 4) is 5.75 Å². The van der Waals surface area contributed by atoms with Gasteiger partial charge < -0.3 is 5.11 Å². The zero-order valence-electron chi connectivity index (χ0n) is 8.45. The Morgan fingerprint density at radius 1 is 1.24 bits per heavy atom. The van der Waals surface area contributed by atoms with Gasteiger partial charge in [-0.25, -0.2) is 5.53 Å². The molecule has 2 rings (SSSR count). The predicted molar refractivity (Wildman–Crippen MR) is 60.2 cm³/mol. The van der Waals surface area contributed by atoms with E-state index in [1.54, 1.807) is 12.1 Å². The molecule has 7 heteroatoms. The van der Waals surface area contributed by atoms with Crippen LogP contribution >= 0.6 is 0 Å². The second kappa shape index (κ2) is 3.79. The molecular weight excluding hydrogens is 244 g/mol. The number of fused-ring (bicyclic) bond motifs is 1. The van der Waals surface area contributed by atoms with Crippen molar-refractivity contribution < 1.29 is 18.1 Å². The minimum Gasteiger partial charge on any atom is -0.507 e. The monoisotopic (exact) mass is 252 g/mol. The molecule has 6 nitrogen and oxygen atoms in total. The van der Waals surface area contributed by atoms with Crippen molar-refractivity contribution in [2.45, 2.75) is 4.90 Å². The third-order valence-electron chi connectivity index (χ3n) is 2.33. The summed E-state index contributed by atoms with van der Waals surface area (Å²) in [5.74, 6) is -0.346. The highest BCUT2D eigenvalue weighted by Gasteiger charge is 2.14. The fourth-order valence-electron chi connectivity index (χ4n) is 1.60. The summed E-state index contributed by atoms with van der Waals surface area (Å²) in [4.78, 5) is -0.398. The molecule has 0 amide bonds. The van der Waals surface area contributed by atoms with Crippen LogP contribution in [-0.4, -0.2) is 18.1 Å². The molecule has 0 radical (unpaired) electrons. The van der Waals surface area contributed by atoms with Crippen molar-refractivity contribution >= 4 is 26.6 Å². The van der Waals surface area contributed by atoms with Gasteiger partial charge in [0.15, 0.2) is 0 Å². The highest BCUT2D eigenvalue weighted by Crippen LogP contribution is 2.35. The Balaban J connectivity index is 2.90. The first-order valence-corrected chi connectivity index (χ1v) is 5.98. The predicted octanol–water partition coefficient (Wildman–Crippen LogP) is 2.45. The quantitative estimate of drug-likeness (QED) is 0.563. The number of benzene rings is 2. The van der Waals surface area contributed by atoms with Gasteiger partial charge in [-0.05, 0) is 17.5 Å². The Hall–Kier alpha value is -1.99. The van der Waals surface area contributed by atoms with Crippen molar-refractivity contribution in [3.63, 3.8) is 0 Å². The van der Waals surface area contributed by atoms with Gasteiger partial charge in [-0.15, -0.1) is 0 Å².